The highest BCUT2D eigenvalue weighted by molar-refractivity contribution is 4.93. The minimum atomic E-state index is -5.26. The van der Waals surface area contributed by atoms with Gasteiger partial charge in [-0.2, -0.15) is 17.6 Å². The van der Waals surface area contributed by atoms with Gasteiger partial charge in [-0.3, -0.25) is 0 Å². The Labute approximate surface area is 52.8 Å². The van der Waals surface area contributed by atoms with E-state index in [-0.39, 0.29) is 0 Å². The van der Waals surface area contributed by atoms with Crippen molar-refractivity contribution in [2.75, 3.05) is 6.61 Å². The monoisotopic (exact) mass is 162 g/mol. The number of halogens is 5. The number of ether oxygens (including phenoxy) is 1. The molecule has 1 heterocycles. The molecule has 6 heteroatoms. The summed E-state index contributed by atoms with van der Waals surface area (Å²) in [5.74, 6) is -4.05. The van der Waals surface area contributed by atoms with Crippen LogP contribution in [0.3, 0.4) is 0 Å². The van der Waals surface area contributed by atoms with Crippen LogP contribution in [-0.2, 0) is 4.74 Å². The van der Waals surface area contributed by atoms with Crippen molar-refractivity contribution in [3.63, 3.8) is 0 Å². The summed E-state index contributed by atoms with van der Waals surface area (Å²) in [7, 11) is 0. The summed E-state index contributed by atoms with van der Waals surface area (Å²) >= 11 is 0. The van der Waals surface area contributed by atoms with E-state index in [1.165, 1.54) is 0 Å². The van der Waals surface area contributed by atoms with Crippen LogP contribution >= 0.6 is 0 Å². The molecule has 0 N–H and O–H groups in total. The van der Waals surface area contributed by atoms with E-state index in [0.717, 1.165) is 0 Å². The highest BCUT2D eigenvalue weighted by Gasteiger charge is 2.69. The summed E-state index contributed by atoms with van der Waals surface area (Å²) in [5, 5.41) is 0. The molecule has 0 spiro atoms. The third kappa shape index (κ3) is 0.783. The molecule has 1 aliphatic heterocycles. The Bertz CT molecular complexity index is 143. The topological polar surface area (TPSA) is 9.23 Å². The second kappa shape index (κ2) is 1.81. The smallest absolute Gasteiger partial charge is 0.333 e. The molecule has 0 saturated carbocycles. The average molecular weight is 162 g/mol. The second-order valence-corrected chi connectivity index (χ2v) is 1.92. The highest BCUT2D eigenvalue weighted by atomic mass is 19.4. The van der Waals surface area contributed by atoms with Crippen molar-refractivity contribution in [2.45, 2.75) is 18.2 Å². The Hall–Kier alpha value is -0.390. The Kier molecular flexibility index (Phi) is 1.39. The van der Waals surface area contributed by atoms with Crippen LogP contribution in [0.2, 0.25) is 0 Å². The molecule has 1 aliphatic rings. The lowest BCUT2D eigenvalue weighted by Crippen LogP contribution is -2.61. The second-order valence-electron chi connectivity index (χ2n) is 1.92. The van der Waals surface area contributed by atoms with Gasteiger partial charge in [0.05, 0.1) is 6.61 Å². The highest BCUT2D eigenvalue weighted by Crippen LogP contribution is 2.44. The fraction of sp³-hybridized carbons (Fsp3) is 1.00. The van der Waals surface area contributed by atoms with Crippen LogP contribution in [0.25, 0.3) is 0 Å². The van der Waals surface area contributed by atoms with Gasteiger partial charge in [0.15, 0.2) is 6.17 Å². The van der Waals surface area contributed by atoms with E-state index in [4.69, 9.17) is 0 Å². The van der Waals surface area contributed by atoms with E-state index < -0.39 is 24.8 Å². The van der Waals surface area contributed by atoms with E-state index in [1.54, 1.807) is 0 Å². The number of hydrogen-bond acceptors (Lipinski definition) is 1. The quantitative estimate of drug-likeness (QED) is 0.491. The molecule has 0 aromatic heterocycles. The van der Waals surface area contributed by atoms with Crippen LogP contribution in [0, 0.1) is 0 Å². The largest absolute Gasteiger partial charge is 0.451 e. The van der Waals surface area contributed by atoms with E-state index in [1.807, 2.05) is 0 Å². The molecular formula is C4H3F5O. The molecule has 60 valence electrons. The molecule has 1 fully saturated rings. The maximum atomic E-state index is 12.1. The molecule has 0 aromatic rings. The van der Waals surface area contributed by atoms with Crippen molar-refractivity contribution in [3.05, 3.63) is 0 Å². The summed E-state index contributed by atoms with van der Waals surface area (Å²) < 4.78 is 61.5. The maximum Gasteiger partial charge on any atom is 0.451 e. The van der Waals surface area contributed by atoms with Crippen LogP contribution in [0.5, 0.6) is 0 Å². The summed E-state index contributed by atoms with van der Waals surface area (Å²) in [6, 6.07) is 0. The predicted molar refractivity (Wildman–Crippen MR) is 20.7 cm³/mol. The first-order valence-corrected chi connectivity index (χ1v) is 2.41. The van der Waals surface area contributed by atoms with Crippen molar-refractivity contribution < 1.29 is 26.7 Å². The SMILES string of the molecule is FC1COC1(F)C(F)(F)F. The fourth-order valence-corrected chi connectivity index (χ4v) is 0.552. The molecule has 0 radical (unpaired) electrons. The third-order valence-corrected chi connectivity index (χ3v) is 1.23. The molecule has 0 aliphatic carbocycles. The standard InChI is InChI=1S/C4H3F5O/c5-2-1-10-3(2,6)4(7,8)9/h2H,1H2. The lowest BCUT2D eigenvalue weighted by molar-refractivity contribution is -0.408. The van der Waals surface area contributed by atoms with Crippen molar-refractivity contribution in [3.8, 4) is 0 Å². The maximum absolute atomic E-state index is 12.1. The summed E-state index contributed by atoms with van der Waals surface area (Å²) in [6.45, 7) is -0.823. The predicted octanol–water partition coefficient (Wildman–Crippen LogP) is 1.58. The van der Waals surface area contributed by atoms with Crippen LogP contribution in [0.4, 0.5) is 22.0 Å². The Morgan fingerprint density at radius 3 is 1.90 bits per heavy atom. The zero-order valence-corrected chi connectivity index (χ0v) is 4.58. The van der Waals surface area contributed by atoms with Gasteiger partial charge in [0.25, 0.3) is 0 Å². The van der Waals surface area contributed by atoms with Crippen LogP contribution < -0.4 is 0 Å². The minimum Gasteiger partial charge on any atom is -0.333 e. The molecule has 0 bridgehead atoms. The van der Waals surface area contributed by atoms with Crippen LogP contribution in [-0.4, -0.2) is 24.8 Å². The molecule has 1 nitrogen and oxygen atoms in total. The van der Waals surface area contributed by atoms with Crippen molar-refractivity contribution in [1.29, 1.82) is 0 Å². The zero-order valence-electron chi connectivity index (χ0n) is 4.58. The fourth-order valence-electron chi connectivity index (χ4n) is 0.552. The van der Waals surface area contributed by atoms with Crippen LogP contribution in [0.1, 0.15) is 0 Å². The van der Waals surface area contributed by atoms with E-state index in [0.29, 0.717) is 0 Å². The molecule has 2 unspecified atom stereocenters. The van der Waals surface area contributed by atoms with E-state index in [9.17, 15) is 22.0 Å². The average Bonchev–Trinajstić information content (AvgIpc) is 1.80. The lowest BCUT2D eigenvalue weighted by Gasteiger charge is -2.38. The van der Waals surface area contributed by atoms with Crippen molar-refractivity contribution in [1.82, 2.24) is 0 Å². The van der Waals surface area contributed by atoms with Gasteiger partial charge in [-0.1, -0.05) is 0 Å². The van der Waals surface area contributed by atoms with Gasteiger partial charge in [-0.25, -0.2) is 4.39 Å². The molecule has 1 saturated heterocycles. The molecule has 0 amide bonds. The van der Waals surface area contributed by atoms with Gasteiger partial charge in [-0.05, 0) is 0 Å². The Morgan fingerprint density at radius 2 is 1.90 bits per heavy atom. The third-order valence-electron chi connectivity index (χ3n) is 1.23. The summed E-state index contributed by atoms with van der Waals surface area (Å²) in [4.78, 5) is 0. The van der Waals surface area contributed by atoms with E-state index in [2.05, 4.69) is 4.74 Å². The summed E-state index contributed by atoms with van der Waals surface area (Å²) in [6.07, 6.45) is -7.84. The normalized spacial score (nSPS) is 41.1. The zero-order chi connectivity index (χ0) is 7.99. The van der Waals surface area contributed by atoms with Gasteiger partial charge >= 0.3 is 12.0 Å². The van der Waals surface area contributed by atoms with Crippen molar-refractivity contribution >= 4 is 0 Å². The Balaban J connectivity index is 2.70. The molecule has 0 aromatic carbocycles. The van der Waals surface area contributed by atoms with Gasteiger partial charge in [0.1, 0.15) is 0 Å². The first kappa shape index (κ1) is 7.71. The first-order chi connectivity index (χ1) is 4.38. The van der Waals surface area contributed by atoms with Gasteiger partial charge in [0, 0.05) is 0 Å². The number of rotatable bonds is 0. The minimum absolute atomic E-state index is 0.823. The van der Waals surface area contributed by atoms with Crippen molar-refractivity contribution in [2.24, 2.45) is 0 Å². The van der Waals surface area contributed by atoms with Gasteiger partial charge in [0.2, 0.25) is 0 Å². The van der Waals surface area contributed by atoms with Crippen LogP contribution in [0.15, 0.2) is 0 Å². The first-order valence-electron chi connectivity index (χ1n) is 2.41. The molecule has 1 rings (SSSR count). The summed E-state index contributed by atoms with van der Waals surface area (Å²) in [5.41, 5.74) is 0. The Morgan fingerprint density at radius 1 is 1.40 bits per heavy atom. The molecular weight excluding hydrogens is 159 g/mol. The van der Waals surface area contributed by atoms with Gasteiger partial charge < -0.3 is 4.74 Å². The lowest BCUT2D eigenvalue weighted by atomic mass is 10.1. The number of hydrogen-bond donors (Lipinski definition) is 0. The molecule has 2 atom stereocenters. The van der Waals surface area contributed by atoms with Gasteiger partial charge in [-0.15, -0.1) is 0 Å². The van der Waals surface area contributed by atoms with E-state index >= 15 is 0 Å². The molecule has 10 heavy (non-hydrogen) atoms. The number of alkyl halides is 5.